The second-order valence-corrected chi connectivity index (χ2v) is 17.7. The van der Waals surface area contributed by atoms with Gasteiger partial charge in [0.05, 0.1) is 0 Å². The first-order chi connectivity index (χ1) is 32.7. The minimum Gasteiger partial charge on any atom is -0.455 e. The Morgan fingerprint density at radius 3 is 1.45 bits per heavy atom. The normalized spacial score (nSPS) is 11.6. The van der Waals surface area contributed by atoms with Crippen molar-refractivity contribution in [2.24, 2.45) is 0 Å². The molecule has 0 radical (unpaired) electrons. The average molecular weight is 860 g/mol. The van der Waals surface area contributed by atoms with Crippen LogP contribution in [0.1, 0.15) is 0 Å². The van der Waals surface area contributed by atoms with Gasteiger partial charge in [0.15, 0.2) is 17.5 Å². The van der Waals surface area contributed by atoms with Crippen molar-refractivity contribution >= 4 is 64.2 Å². The summed E-state index contributed by atoms with van der Waals surface area (Å²) < 4.78 is 9.64. The molecule has 0 unspecified atom stereocenters. The van der Waals surface area contributed by atoms with E-state index >= 15 is 0 Å². The summed E-state index contributed by atoms with van der Waals surface area (Å²) in [6.07, 6.45) is 0. The standard InChI is InChI=1S/C61H37N3OS/c1-3-13-38(14-4-1)39-25-31-42(32-26-39)47-20-11-23-52-55-53(37-46-17-7-8-18-48(46)57(55)65-56(47)52)61-63-59(44-15-5-2-6-16-44)62-60(64-61)45-35-29-41(30-36-45)40-27-33-43(34-28-40)49-21-12-22-51-50-19-9-10-24-54(50)66-58(49)51/h1-37H. The summed E-state index contributed by atoms with van der Waals surface area (Å²) in [6.45, 7) is 0. The Kier molecular flexibility index (Phi) is 9.00. The van der Waals surface area contributed by atoms with Crippen LogP contribution in [0.2, 0.25) is 0 Å². The van der Waals surface area contributed by atoms with E-state index in [0.29, 0.717) is 17.5 Å². The second kappa shape index (κ2) is 15.6. The summed E-state index contributed by atoms with van der Waals surface area (Å²) in [5, 5.41) is 6.69. The fraction of sp³-hybridized carbons (Fsp3) is 0. The fourth-order valence-electron chi connectivity index (χ4n) is 9.48. The van der Waals surface area contributed by atoms with Gasteiger partial charge in [-0.15, -0.1) is 11.3 Å². The molecular formula is C61H37N3OS. The third kappa shape index (κ3) is 6.48. The molecule has 0 saturated heterocycles. The number of benzene rings is 10. The van der Waals surface area contributed by atoms with Gasteiger partial charge in [-0.3, -0.25) is 0 Å². The van der Waals surface area contributed by atoms with Crippen LogP contribution in [0.5, 0.6) is 0 Å². The van der Waals surface area contributed by atoms with Crippen LogP contribution in [0, 0.1) is 0 Å². The summed E-state index contributed by atoms with van der Waals surface area (Å²) in [7, 11) is 0. The second-order valence-electron chi connectivity index (χ2n) is 16.7. The lowest BCUT2D eigenvalue weighted by Gasteiger charge is -2.11. The quantitative estimate of drug-likeness (QED) is 0.160. The number of nitrogens with zero attached hydrogens (tertiary/aromatic N) is 3. The van der Waals surface area contributed by atoms with E-state index in [1.165, 1.54) is 42.4 Å². The summed E-state index contributed by atoms with van der Waals surface area (Å²) >= 11 is 1.86. The molecule has 0 spiro atoms. The van der Waals surface area contributed by atoms with Crippen LogP contribution in [0.4, 0.5) is 0 Å². The van der Waals surface area contributed by atoms with Crippen molar-refractivity contribution in [3.05, 3.63) is 224 Å². The zero-order valence-corrected chi connectivity index (χ0v) is 36.3. The number of thiophene rings is 1. The van der Waals surface area contributed by atoms with Crippen molar-refractivity contribution in [2.75, 3.05) is 0 Å². The van der Waals surface area contributed by atoms with Crippen molar-refractivity contribution in [1.29, 1.82) is 0 Å². The van der Waals surface area contributed by atoms with Crippen LogP contribution in [0.25, 0.3) is 132 Å². The van der Waals surface area contributed by atoms with Crippen LogP contribution in [0.3, 0.4) is 0 Å². The Hall–Kier alpha value is -8.51. The maximum atomic E-state index is 7.01. The monoisotopic (exact) mass is 859 g/mol. The van der Waals surface area contributed by atoms with Gasteiger partial charge in [0.1, 0.15) is 11.2 Å². The van der Waals surface area contributed by atoms with Gasteiger partial charge < -0.3 is 4.42 Å². The number of hydrogen-bond acceptors (Lipinski definition) is 5. The number of rotatable bonds is 7. The van der Waals surface area contributed by atoms with Crippen LogP contribution in [-0.2, 0) is 0 Å². The van der Waals surface area contributed by atoms with E-state index in [2.05, 4.69) is 200 Å². The molecule has 0 N–H and O–H groups in total. The molecule has 0 fully saturated rings. The zero-order chi connectivity index (χ0) is 43.6. The Morgan fingerprint density at radius 1 is 0.303 bits per heavy atom. The molecule has 66 heavy (non-hydrogen) atoms. The minimum atomic E-state index is 0.586. The lowest BCUT2D eigenvalue weighted by atomic mass is 9.96. The summed E-state index contributed by atoms with van der Waals surface area (Å²) in [5.41, 5.74) is 13.6. The zero-order valence-electron chi connectivity index (χ0n) is 35.5. The molecule has 0 amide bonds. The third-order valence-electron chi connectivity index (χ3n) is 12.8. The highest BCUT2D eigenvalue weighted by Gasteiger charge is 2.22. The SMILES string of the molecule is c1ccc(-c2ccc(-c3cccc4c3oc3c5ccccc5cc(-c5nc(-c6ccccc6)nc(-c6ccc(-c7ccc(-c8cccc9c8sc8ccccc89)cc7)cc6)n5)c43)cc2)cc1. The van der Waals surface area contributed by atoms with Crippen molar-refractivity contribution < 1.29 is 4.42 Å². The van der Waals surface area contributed by atoms with Crippen molar-refractivity contribution in [2.45, 2.75) is 0 Å². The van der Waals surface area contributed by atoms with E-state index in [0.717, 1.165) is 71.7 Å². The van der Waals surface area contributed by atoms with Crippen LogP contribution < -0.4 is 0 Å². The molecule has 5 heteroatoms. The van der Waals surface area contributed by atoms with E-state index in [1.54, 1.807) is 0 Å². The van der Waals surface area contributed by atoms with E-state index in [-0.39, 0.29) is 0 Å². The first kappa shape index (κ1) is 38.0. The molecule has 0 aliphatic rings. The van der Waals surface area contributed by atoms with Gasteiger partial charge in [0, 0.05) is 58.6 Å². The summed E-state index contributed by atoms with van der Waals surface area (Å²) in [4.78, 5) is 15.6. The largest absolute Gasteiger partial charge is 0.455 e. The highest BCUT2D eigenvalue weighted by molar-refractivity contribution is 7.26. The molecule has 13 aromatic rings. The number of para-hydroxylation sites is 1. The summed E-state index contributed by atoms with van der Waals surface area (Å²) in [5.74, 6) is 1.80. The molecular weight excluding hydrogens is 823 g/mol. The maximum Gasteiger partial charge on any atom is 0.164 e. The van der Waals surface area contributed by atoms with E-state index in [1.807, 2.05) is 35.6 Å². The van der Waals surface area contributed by atoms with Crippen LogP contribution >= 0.6 is 11.3 Å². The van der Waals surface area contributed by atoms with Gasteiger partial charge in [0.25, 0.3) is 0 Å². The first-order valence-electron chi connectivity index (χ1n) is 22.2. The van der Waals surface area contributed by atoms with Gasteiger partial charge in [-0.2, -0.15) is 0 Å². The molecule has 4 nitrogen and oxygen atoms in total. The van der Waals surface area contributed by atoms with Gasteiger partial charge >= 0.3 is 0 Å². The summed E-state index contributed by atoms with van der Waals surface area (Å²) in [6, 6.07) is 79.1. The molecule has 3 heterocycles. The van der Waals surface area contributed by atoms with Gasteiger partial charge in [-0.1, -0.05) is 212 Å². The van der Waals surface area contributed by atoms with Gasteiger partial charge in [-0.25, -0.2) is 15.0 Å². The molecule has 0 aliphatic heterocycles. The Morgan fingerprint density at radius 2 is 0.773 bits per heavy atom. The van der Waals surface area contributed by atoms with Crippen molar-refractivity contribution in [3.8, 4) is 78.7 Å². The smallest absolute Gasteiger partial charge is 0.164 e. The minimum absolute atomic E-state index is 0.586. The molecule has 0 aliphatic carbocycles. The Bertz CT molecular complexity index is 3950. The van der Waals surface area contributed by atoms with Crippen molar-refractivity contribution in [1.82, 2.24) is 15.0 Å². The molecule has 10 aromatic carbocycles. The van der Waals surface area contributed by atoms with E-state index in [9.17, 15) is 0 Å². The predicted molar refractivity (Wildman–Crippen MR) is 276 cm³/mol. The van der Waals surface area contributed by atoms with Gasteiger partial charge in [0.2, 0.25) is 0 Å². The topological polar surface area (TPSA) is 51.8 Å². The molecule has 0 bridgehead atoms. The molecule has 0 saturated carbocycles. The predicted octanol–water partition coefficient (Wildman–Crippen LogP) is 17.0. The lowest BCUT2D eigenvalue weighted by Crippen LogP contribution is -2.00. The Balaban J connectivity index is 0.910. The lowest BCUT2D eigenvalue weighted by molar-refractivity contribution is 0.674. The van der Waals surface area contributed by atoms with E-state index in [4.69, 9.17) is 19.4 Å². The number of fused-ring (bicyclic) bond motifs is 8. The maximum absolute atomic E-state index is 7.01. The Labute approximate surface area is 384 Å². The van der Waals surface area contributed by atoms with E-state index < -0.39 is 0 Å². The first-order valence-corrected chi connectivity index (χ1v) is 23.0. The fourth-order valence-corrected chi connectivity index (χ4v) is 10.7. The highest BCUT2D eigenvalue weighted by Crippen LogP contribution is 2.44. The number of furan rings is 1. The molecule has 0 atom stereocenters. The average Bonchev–Trinajstić information content (AvgIpc) is 3.99. The number of hydrogen-bond donors (Lipinski definition) is 0. The van der Waals surface area contributed by atoms with Crippen LogP contribution in [0.15, 0.2) is 229 Å². The number of aromatic nitrogens is 3. The van der Waals surface area contributed by atoms with Crippen molar-refractivity contribution in [3.63, 3.8) is 0 Å². The molecule has 3 aromatic heterocycles. The third-order valence-corrected chi connectivity index (χ3v) is 14.0. The van der Waals surface area contributed by atoms with Crippen LogP contribution in [-0.4, -0.2) is 15.0 Å². The molecule has 308 valence electrons. The highest BCUT2D eigenvalue weighted by atomic mass is 32.1. The molecule has 13 rings (SSSR count). The van der Waals surface area contributed by atoms with Gasteiger partial charge in [-0.05, 0) is 56.5 Å².